The first-order valence-corrected chi connectivity index (χ1v) is 9.65. The highest BCUT2D eigenvalue weighted by molar-refractivity contribution is 7.89. The van der Waals surface area contributed by atoms with Gasteiger partial charge in [-0.15, -0.1) is 0 Å². The molecule has 2 fully saturated rings. The Kier molecular flexibility index (Phi) is 5.19. The molecular weight excluding hydrogens is 330 g/mol. The quantitative estimate of drug-likeness (QED) is 0.842. The van der Waals surface area contributed by atoms with Crippen molar-refractivity contribution < 1.29 is 17.9 Å². The molecule has 0 radical (unpaired) electrons. The van der Waals surface area contributed by atoms with Gasteiger partial charge in [0, 0.05) is 37.8 Å². The minimum Gasteiger partial charge on any atom is -0.378 e. The fourth-order valence-electron chi connectivity index (χ4n) is 3.06. The summed E-state index contributed by atoms with van der Waals surface area (Å²) >= 11 is 0. The molecule has 0 aliphatic carbocycles. The smallest absolute Gasteiger partial charge is 0.254 e. The molecule has 1 aromatic carbocycles. The van der Waals surface area contributed by atoms with Gasteiger partial charge in [-0.05, 0) is 37.1 Å². The summed E-state index contributed by atoms with van der Waals surface area (Å²) < 4.78 is 32.0. The summed E-state index contributed by atoms with van der Waals surface area (Å²) in [4.78, 5) is 14.3. The van der Waals surface area contributed by atoms with Crippen molar-refractivity contribution in [3.8, 4) is 0 Å². The molecule has 0 spiro atoms. The molecule has 2 aliphatic heterocycles. The maximum Gasteiger partial charge on any atom is 0.254 e. The molecule has 3 rings (SSSR count). The average molecular weight is 353 g/mol. The Morgan fingerprint density at radius 3 is 2.42 bits per heavy atom. The number of piperidine rings is 1. The fraction of sp³-hybridized carbons (Fsp3) is 0.562. The SMILES string of the molecule is NC1CCCN(S(=O)(=O)c2ccc(C(=O)N3CCOCC3)cc2)C1. The molecular formula is C16H23N3O4S. The molecule has 7 nitrogen and oxygen atoms in total. The van der Waals surface area contributed by atoms with Gasteiger partial charge in [-0.25, -0.2) is 8.42 Å². The standard InChI is InChI=1S/C16H23N3O4S/c17-14-2-1-7-19(12-14)24(21,22)15-5-3-13(4-6-15)16(20)18-8-10-23-11-9-18/h3-6,14H,1-2,7-12,17H2. The van der Waals surface area contributed by atoms with E-state index in [9.17, 15) is 13.2 Å². The van der Waals surface area contributed by atoms with E-state index < -0.39 is 10.0 Å². The first-order valence-electron chi connectivity index (χ1n) is 8.21. The second kappa shape index (κ2) is 7.18. The van der Waals surface area contributed by atoms with E-state index in [1.807, 2.05) is 0 Å². The van der Waals surface area contributed by atoms with Gasteiger partial charge in [-0.1, -0.05) is 0 Å². The molecule has 2 aliphatic rings. The predicted molar refractivity (Wildman–Crippen MR) is 89.1 cm³/mol. The molecule has 1 atom stereocenters. The van der Waals surface area contributed by atoms with E-state index in [4.69, 9.17) is 10.5 Å². The number of carbonyl (C=O) groups excluding carboxylic acids is 1. The van der Waals surface area contributed by atoms with Crippen molar-refractivity contribution in [2.75, 3.05) is 39.4 Å². The molecule has 2 saturated heterocycles. The van der Waals surface area contributed by atoms with Crippen LogP contribution in [0, 0.1) is 0 Å². The van der Waals surface area contributed by atoms with Crippen molar-refractivity contribution in [1.29, 1.82) is 0 Å². The number of nitrogens with zero attached hydrogens (tertiary/aromatic N) is 2. The number of rotatable bonds is 3. The van der Waals surface area contributed by atoms with Gasteiger partial charge in [0.25, 0.3) is 5.91 Å². The van der Waals surface area contributed by atoms with Crippen molar-refractivity contribution in [2.24, 2.45) is 5.73 Å². The first kappa shape index (κ1) is 17.3. The van der Waals surface area contributed by atoms with Crippen LogP contribution in [-0.4, -0.2) is 69.0 Å². The second-order valence-electron chi connectivity index (χ2n) is 6.19. The first-order chi connectivity index (χ1) is 11.5. The molecule has 0 saturated carbocycles. The average Bonchev–Trinajstić information content (AvgIpc) is 2.62. The van der Waals surface area contributed by atoms with Gasteiger partial charge in [-0.3, -0.25) is 4.79 Å². The molecule has 8 heteroatoms. The Balaban J connectivity index is 1.74. The largest absolute Gasteiger partial charge is 0.378 e. The van der Waals surface area contributed by atoms with Crippen LogP contribution in [0.15, 0.2) is 29.2 Å². The van der Waals surface area contributed by atoms with Crippen molar-refractivity contribution in [3.05, 3.63) is 29.8 Å². The number of ether oxygens (including phenoxy) is 1. The van der Waals surface area contributed by atoms with E-state index in [1.54, 1.807) is 17.0 Å². The summed E-state index contributed by atoms with van der Waals surface area (Å²) in [6.45, 7) is 3.03. The van der Waals surface area contributed by atoms with Crippen LogP contribution in [-0.2, 0) is 14.8 Å². The maximum atomic E-state index is 12.7. The lowest BCUT2D eigenvalue weighted by molar-refractivity contribution is 0.0303. The third kappa shape index (κ3) is 3.61. The summed E-state index contributed by atoms with van der Waals surface area (Å²) in [7, 11) is -3.55. The van der Waals surface area contributed by atoms with Crippen LogP contribution in [0.2, 0.25) is 0 Å². The lowest BCUT2D eigenvalue weighted by Crippen LogP contribution is -2.45. The lowest BCUT2D eigenvalue weighted by atomic mass is 10.1. The van der Waals surface area contributed by atoms with Crippen molar-refractivity contribution in [1.82, 2.24) is 9.21 Å². The highest BCUT2D eigenvalue weighted by atomic mass is 32.2. The Hall–Kier alpha value is -1.48. The van der Waals surface area contributed by atoms with Crippen LogP contribution in [0.4, 0.5) is 0 Å². The fourth-order valence-corrected chi connectivity index (χ4v) is 4.60. The van der Waals surface area contributed by atoms with Crippen LogP contribution in [0.1, 0.15) is 23.2 Å². The van der Waals surface area contributed by atoms with Crippen LogP contribution < -0.4 is 5.73 Å². The highest BCUT2D eigenvalue weighted by Crippen LogP contribution is 2.21. The van der Waals surface area contributed by atoms with Crippen LogP contribution in [0.5, 0.6) is 0 Å². The van der Waals surface area contributed by atoms with E-state index in [2.05, 4.69) is 0 Å². The van der Waals surface area contributed by atoms with Gasteiger partial charge in [0.2, 0.25) is 10.0 Å². The van der Waals surface area contributed by atoms with Crippen molar-refractivity contribution in [3.63, 3.8) is 0 Å². The Morgan fingerprint density at radius 1 is 1.12 bits per heavy atom. The number of hydrogen-bond acceptors (Lipinski definition) is 5. The predicted octanol–water partition coefficient (Wildman–Crippen LogP) is 0.271. The van der Waals surface area contributed by atoms with Crippen molar-refractivity contribution in [2.45, 2.75) is 23.8 Å². The molecule has 24 heavy (non-hydrogen) atoms. The van der Waals surface area contributed by atoms with Crippen LogP contribution in [0.25, 0.3) is 0 Å². The number of carbonyl (C=O) groups is 1. The van der Waals surface area contributed by atoms with Crippen molar-refractivity contribution >= 4 is 15.9 Å². The van der Waals surface area contributed by atoms with Gasteiger partial charge in [0.15, 0.2) is 0 Å². The van der Waals surface area contributed by atoms with Gasteiger partial charge < -0.3 is 15.4 Å². The zero-order chi connectivity index (χ0) is 17.2. The van der Waals surface area contributed by atoms with Gasteiger partial charge in [-0.2, -0.15) is 4.31 Å². The zero-order valence-corrected chi connectivity index (χ0v) is 14.4. The number of morpholine rings is 1. The van der Waals surface area contributed by atoms with E-state index in [-0.39, 0.29) is 16.8 Å². The Labute approximate surface area is 142 Å². The number of amides is 1. The molecule has 2 heterocycles. The van der Waals surface area contributed by atoms with E-state index in [1.165, 1.54) is 16.4 Å². The monoisotopic (exact) mass is 353 g/mol. The summed E-state index contributed by atoms with van der Waals surface area (Å²) in [5.41, 5.74) is 6.37. The van der Waals surface area contributed by atoms with Crippen LogP contribution in [0.3, 0.4) is 0 Å². The highest BCUT2D eigenvalue weighted by Gasteiger charge is 2.29. The maximum absolute atomic E-state index is 12.7. The topological polar surface area (TPSA) is 92.9 Å². The normalized spacial score (nSPS) is 23.2. The second-order valence-corrected chi connectivity index (χ2v) is 8.13. The number of sulfonamides is 1. The minimum atomic E-state index is -3.55. The van der Waals surface area contributed by atoms with E-state index in [0.717, 1.165) is 12.8 Å². The molecule has 0 aromatic heterocycles. The Morgan fingerprint density at radius 2 is 1.79 bits per heavy atom. The third-order valence-corrected chi connectivity index (χ3v) is 6.34. The summed E-state index contributed by atoms with van der Waals surface area (Å²) in [6, 6.07) is 6.05. The summed E-state index contributed by atoms with van der Waals surface area (Å²) in [6.07, 6.45) is 1.62. The molecule has 132 valence electrons. The van der Waals surface area contributed by atoms with Crippen LogP contribution >= 0.6 is 0 Å². The van der Waals surface area contributed by atoms with Gasteiger partial charge in [0.1, 0.15) is 0 Å². The molecule has 0 bridgehead atoms. The van der Waals surface area contributed by atoms with E-state index in [0.29, 0.717) is 45.0 Å². The number of benzene rings is 1. The number of hydrogen-bond donors (Lipinski definition) is 1. The lowest BCUT2D eigenvalue weighted by Gasteiger charge is -2.30. The molecule has 1 aromatic rings. The van der Waals surface area contributed by atoms with Gasteiger partial charge in [0.05, 0.1) is 18.1 Å². The zero-order valence-electron chi connectivity index (χ0n) is 13.6. The number of nitrogens with two attached hydrogens (primary N) is 1. The molecule has 1 unspecified atom stereocenters. The third-order valence-electron chi connectivity index (χ3n) is 4.46. The molecule has 2 N–H and O–H groups in total. The van der Waals surface area contributed by atoms with Gasteiger partial charge >= 0.3 is 0 Å². The summed E-state index contributed by atoms with van der Waals surface area (Å²) in [5.74, 6) is -0.0951. The summed E-state index contributed by atoms with van der Waals surface area (Å²) in [5, 5.41) is 0. The minimum absolute atomic E-state index is 0.0951. The van der Waals surface area contributed by atoms with E-state index >= 15 is 0 Å². The molecule has 1 amide bonds. The Bertz CT molecular complexity index is 684.